The number of benzene rings is 3. The number of anilines is 1. The zero-order chi connectivity index (χ0) is 25.8. The quantitative estimate of drug-likeness (QED) is 0.227. The number of para-hydroxylation sites is 2. The van der Waals surface area contributed by atoms with Gasteiger partial charge >= 0.3 is 0 Å². The second kappa shape index (κ2) is 10.9. The van der Waals surface area contributed by atoms with E-state index >= 15 is 0 Å². The van der Waals surface area contributed by atoms with E-state index in [1.54, 1.807) is 16.8 Å². The highest BCUT2D eigenvalue weighted by molar-refractivity contribution is 7.99. The van der Waals surface area contributed by atoms with E-state index in [4.69, 9.17) is 17.3 Å². The first-order valence-electron chi connectivity index (χ1n) is 11.8. The Bertz CT molecular complexity index is 1560. The number of nitrogens with zero attached hydrogens (tertiary/aromatic N) is 5. The van der Waals surface area contributed by atoms with Gasteiger partial charge in [-0.2, -0.15) is 15.6 Å². The van der Waals surface area contributed by atoms with Crippen molar-refractivity contribution in [3.8, 4) is 12.1 Å². The molecule has 0 bridgehead atoms. The fourth-order valence-corrected chi connectivity index (χ4v) is 5.38. The topological polar surface area (TPSA) is 94.1 Å². The smallest absolute Gasteiger partial charge is 0.127 e. The highest BCUT2D eigenvalue weighted by Gasteiger charge is 2.37. The summed E-state index contributed by atoms with van der Waals surface area (Å²) in [6.45, 7) is 0.790. The summed E-state index contributed by atoms with van der Waals surface area (Å²) in [5, 5.41) is 28.0. The second-order valence-electron chi connectivity index (χ2n) is 8.53. The van der Waals surface area contributed by atoms with E-state index in [1.807, 2.05) is 78.9 Å². The summed E-state index contributed by atoms with van der Waals surface area (Å²) < 4.78 is 2.19. The van der Waals surface area contributed by atoms with Crippen molar-refractivity contribution in [3.05, 3.63) is 101 Å². The largest absolute Gasteiger partial charge is 0.346 e. The standard InChI is InChI=1S/C29H23ClN6S/c30-22-10-12-24(13-11-22)37-15-14-35-19-21(25-8-4-5-9-27(25)35)16-20(17-31)28-26(18-32)29(33)36(34-28)23-6-2-1-3-7-23/h1-13,16,19,26,29H,14-15,33H2/b20-16-/t26-,29-/m0/s1. The van der Waals surface area contributed by atoms with Gasteiger partial charge in [0.05, 0.1) is 23.0 Å². The SMILES string of the molecule is N#C/C(=C/c1cn(CCSc2ccc(Cl)cc2)c2ccccc12)C1=NN(c2ccccc2)[C@H](N)[C@H]1C#N. The highest BCUT2D eigenvalue weighted by Crippen LogP contribution is 2.31. The maximum atomic E-state index is 10.1. The second-order valence-corrected chi connectivity index (χ2v) is 10.1. The van der Waals surface area contributed by atoms with Gasteiger partial charge in [0.2, 0.25) is 0 Å². The molecule has 0 fully saturated rings. The lowest BCUT2D eigenvalue weighted by Gasteiger charge is -2.21. The van der Waals surface area contributed by atoms with Crippen molar-refractivity contribution in [2.75, 3.05) is 10.8 Å². The molecule has 1 aromatic heterocycles. The van der Waals surface area contributed by atoms with Gasteiger partial charge in [0.15, 0.2) is 0 Å². The van der Waals surface area contributed by atoms with Gasteiger partial charge < -0.3 is 10.3 Å². The Morgan fingerprint density at radius 2 is 1.76 bits per heavy atom. The number of aryl methyl sites for hydroxylation is 1. The van der Waals surface area contributed by atoms with Gasteiger partial charge in [0.1, 0.15) is 18.2 Å². The first kappa shape index (κ1) is 24.7. The van der Waals surface area contributed by atoms with Crippen LogP contribution in [0.5, 0.6) is 0 Å². The summed E-state index contributed by atoms with van der Waals surface area (Å²) in [6, 6.07) is 29.9. The van der Waals surface area contributed by atoms with Crippen LogP contribution in [0.1, 0.15) is 5.56 Å². The van der Waals surface area contributed by atoms with Gasteiger partial charge in [0.25, 0.3) is 0 Å². The third kappa shape index (κ3) is 5.12. The Kier molecular flexibility index (Phi) is 7.30. The number of nitriles is 2. The van der Waals surface area contributed by atoms with E-state index in [1.165, 1.54) is 0 Å². The van der Waals surface area contributed by atoms with Crippen LogP contribution < -0.4 is 10.7 Å². The Morgan fingerprint density at radius 1 is 1.03 bits per heavy atom. The molecule has 0 spiro atoms. The fourth-order valence-electron chi connectivity index (χ4n) is 4.40. The van der Waals surface area contributed by atoms with Crippen molar-refractivity contribution in [2.45, 2.75) is 17.6 Å². The summed E-state index contributed by atoms with van der Waals surface area (Å²) in [4.78, 5) is 1.16. The number of allylic oxidation sites excluding steroid dienone is 1. The first-order chi connectivity index (χ1) is 18.1. The Hall–Kier alpha value is -4.01. The van der Waals surface area contributed by atoms with Crippen molar-refractivity contribution >= 4 is 51.7 Å². The van der Waals surface area contributed by atoms with E-state index in [2.05, 4.69) is 34.1 Å². The molecule has 0 radical (unpaired) electrons. The van der Waals surface area contributed by atoms with E-state index in [0.717, 1.165) is 44.4 Å². The van der Waals surface area contributed by atoms with Crippen LogP contribution in [0.2, 0.25) is 5.02 Å². The van der Waals surface area contributed by atoms with Crippen molar-refractivity contribution in [3.63, 3.8) is 0 Å². The summed E-state index contributed by atoms with van der Waals surface area (Å²) in [5.41, 5.74) is 9.86. The van der Waals surface area contributed by atoms with Gasteiger partial charge in [0, 0.05) is 44.9 Å². The molecule has 182 valence electrons. The van der Waals surface area contributed by atoms with Gasteiger partial charge in [-0.1, -0.05) is 48.0 Å². The number of rotatable bonds is 7. The van der Waals surface area contributed by atoms with E-state index in [-0.39, 0.29) is 0 Å². The highest BCUT2D eigenvalue weighted by atomic mass is 35.5. The van der Waals surface area contributed by atoms with Crippen molar-refractivity contribution in [2.24, 2.45) is 16.8 Å². The molecule has 1 aliphatic rings. The van der Waals surface area contributed by atoms with E-state index in [9.17, 15) is 10.5 Å². The number of hydrogen-bond acceptors (Lipinski definition) is 6. The number of hydrogen-bond donors (Lipinski definition) is 1. The zero-order valence-electron chi connectivity index (χ0n) is 19.8. The maximum Gasteiger partial charge on any atom is 0.127 e. The molecule has 6 nitrogen and oxygen atoms in total. The Labute approximate surface area is 224 Å². The molecule has 0 saturated carbocycles. The molecule has 2 N–H and O–H groups in total. The predicted molar refractivity (Wildman–Crippen MR) is 151 cm³/mol. The number of halogens is 1. The summed E-state index contributed by atoms with van der Waals surface area (Å²) in [6.07, 6.45) is 3.19. The number of fused-ring (bicyclic) bond motifs is 1. The molecule has 0 unspecified atom stereocenters. The van der Waals surface area contributed by atoms with Crippen LogP contribution in [0.4, 0.5) is 5.69 Å². The zero-order valence-corrected chi connectivity index (χ0v) is 21.4. The third-order valence-corrected chi connectivity index (χ3v) is 7.47. The van der Waals surface area contributed by atoms with Gasteiger partial charge in [-0.3, -0.25) is 0 Å². The van der Waals surface area contributed by atoms with Crippen LogP contribution in [0.15, 0.2) is 101 Å². The minimum Gasteiger partial charge on any atom is -0.346 e. The summed E-state index contributed by atoms with van der Waals surface area (Å²) in [7, 11) is 0. The molecule has 0 amide bonds. The molecule has 2 heterocycles. The molecular weight excluding hydrogens is 500 g/mol. The number of hydrazone groups is 1. The van der Waals surface area contributed by atoms with Crippen molar-refractivity contribution in [1.82, 2.24) is 4.57 Å². The van der Waals surface area contributed by atoms with Crippen LogP contribution in [0.3, 0.4) is 0 Å². The van der Waals surface area contributed by atoms with Crippen LogP contribution in [-0.4, -0.2) is 22.2 Å². The average molecular weight is 523 g/mol. The third-order valence-electron chi connectivity index (χ3n) is 6.22. The van der Waals surface area contributed by atoms with Gasteiger partial charge in [-0.05, 0) is 48.5 Å². The lowest BCUT2D eigenvalue weighted by atomic mass is 9.95. The molecular formula is C29H23ClN6S. The van der Waals surface area contributed by atoms with Crippen molar-refractivity contribution < 1.29 is 0 Å². The number of aromatic nitrogens is 1. The van der Waals surface area contributed by atoms with Crippen LogP contribution in [-0.2, 0) is 6.54 Å². The Balaban J connectivity index is 1.45. The van der Waals surface area contributed by atoms with Crippen LogP contribution >= 0.6 is 23.4 Å². The molecule has 2 atom stereocenters. The van der Waals surface area contributed by atoms with Gasteiger partial charge in [-0.15, -0.1) is 11.8 Å². The Morgan fingerprint density at radius 3 is 2.49 bits per heavy atom. The van der Waals surface area contributed by atoms with E-state index < -0.39 is 12.1 Å². The predicted octanol–water partition coefficient (Wildman–Crippen LogP) is 6.29. The van der Waals surface area contributed by atoms with Crippen LogP contribution in [0.25, 0.3) is 17.0 Å². The molecule has 4 aromatic rings. The lowest BCUT2D eigenvalue weighted by Crippen LogP contribution is -2.40. The van der Waals surface area contributed by atoms with Crippen molar-refractivity contribution in [1.29, 1.82) is 10.5 Å². The molecule has 8 heteroatoms. The minimum absolute atomic E-state index is 0.332. The fraction of sp³-hybridized carbons (Fsp3) is 0.138. The first-order valence-corrected chi connectivity index (χ1v) is 13.1. The molecule has 37 heavy (non-hydrogen) atoms. The molecule has 0 aliphatic carbocycles. The maximum absolute atomic E-state index is 10.1. The van der Waals surface area contributed by atoms with Crippen LogP contribution in [0, 0.1) is 28.6 Å². The summed E-state index contributed by atoms with van der Waals surface area (Å²) >= 11 is 7.76. The number of thioether (sulfide) groups is 1. The lowest BCUT2D eigenvalue weighted by molar-refractivity contribution is 0.624. The minimum atomic E-state index is -0.727. The average Bonchev–Trinajstić information content (AvgIpc) is 3.45. The van der Waals surface area contributed by atoms with E-state index in [0.29, 0.717) is 11.3 Å². The molecule has 1 aliphatic heterocycles. The monoisotopic (exact) mass is 522 g/mol. The van der Waals surface area contributed by atoms with Gasteiger partial charge in [-0.25, -0.2) is 5.01 Å². The molecule has 5 rings (SSSR count). The molecule has 0 saturated heterocycles. The molecule has 3 aromatic carbocycles. The number of nitrogens with two attached hydrogens (primary N) is 1. The summed E-state index contributed by atoms with van der Waals surface area (Å²) in [5.74, 6) is 0.147. The normalized spacial score (nSPS) is 17.5.